The monoisotopic (exact) mass is 317 g/mol. The van der Waals surface area contributed by atoms with Crippen molar-refractivity contribution in [2.45, 2.75) is 25.7 Å². The lowest BCUT2D eigenvalue weighted by molar-refractivity contribution is -0.140. The third-order valence-corrected chi connectivity index (χ3v) is 4.09. The Morgan fingerprint density at radius 1 is 1.13 bits per heavy atom. The highest BCUT2D eigenvalue weighted by Gasteiger charge is 2.40. The van der Waals surface area contributed by atoms with Gasteiger partial charge in [-0.15, -0.1) is 0 Å². The molecule has 1 aliphatic rings. The van der Waals surface area contributed by atoms with Gasteiger partial charge in [-0.05, 0) is 12.0 Å². The SMILES string of the molecule is CCCCN1CC(c2ccccc2)C(C(=O)OC)=C1C(=O)OC. The molecule has 0 spiro atoms. The fourth-order valence-electron chi connectivity index (χ4n) is 2.93. The number of methoxy groups -OCH3 is 2. The molecule has 0 N–H and O–H groups in total. The van der Waals surface area contributed by atoms with Crippen LogP contribution in [0.5, 0.6) is 0 Å². The molecule has 2 rings (SSSR count). The lowest BCUT2D eigenvalue weighted by Gasteiger charge is -2.21. The van der Waals surface area contributed by atoms with Gasteiger partial charge in [-0.3, -0.25) is 0 Å². The number of rotatable bonds is 6. The molecule has 1 unspecified atom stereocenters. The van der Waals surface area contributed by atoms with Crippen molar-refractivity contribution in [3.05, 3.63) is 47.2 Å². The van der Waals surface area contributed by atoms with Crippen LogP contribution in [-0.2, 0) is 19.1 Å². The van der Waals surface area contributed by atoms with Crippen LogP contribution in [0.25, 0.3) is 0 Å². The van der Waals surface area contributed by atoms with E-state index in [1.807, 2.05) is 35.2 Å². The van der Waals surface area contributed by atoms with Gasteiger partial charge < -0.3 is 14.4 Å². The molecular weight excluding hydrogens is 294 g/mol. The van der Waals surface area contributed by atoms with E-state index in [9.17, 15) is 9.59 Å². The summed E-state index contributed by atoms with van der Waals surface area (Å²) in [7, 11) is 2.67. The third-order valence-electron chi connectivity index (χ3n) is 4.09. The standard InChI is InChI=1S/C18H23NO4/c1-4-5-11-19-12-14(13-9-7-6-8-10-13)15(17(20)22-2)16(19)18(21)23-3/h6-10,14H,4-5,11-12H2,1-3H3. The summed E-state index contributed by atoms with van der Waals surface area (Å²) < 4.78 is 9.84. The minimum atomic E-state index is -0.486. The molecule has 5 heteroatoms. The maximum atomic E-state index is 12.3. The Bertz CT molecular complexity index is 594. The van der Waals surface area contributed by atoms with Gasteiger partial charge in [-0.2, -0.15) is 0 Å². The van der Waals surface area contributed by atoms with E-state index in [1.165, 1.54) is 14.2 Å². The third kappa shape index (κ3) is 3.55. The first-order valence-electron chi connectivity index (χ1n) is 7.84. The molecule has 5 nitrogen and oxygen atoms in total. The van der Waals surface area contributed by atoms with E-state index in [0.717, 1.165) is 18.4 Å². The first kappa shape index (κ1) is 17.1. The van der Waals surface area contributed by atoms with Gasteiger partial charge in [-0.1, -0.05) is 43.7 Å². The number of benzene rings is 1. The van der Waals surface area contributed by atoms with Crippen molar-refractivity contribution in [1.29, 1.82) is 0 Å². The van der Waals surface area contributed by atoms with Crippen LogP contribution in [0.15, 0.2) is 41.6 Å². The Labute approximate surface area is 136 Å². The average molecular weight is 317 g/mol. The summed E-state index contributed by atoms with van der Waals surface area (Å²) in [6.45, 7) is 3.39. The van der Waals surface area contributed by atoms with Crippen molar-refractivity contribution < 1.29 is 19.1 Å². The van der Waals surface area contributed by atoms with Crippen LogP contribution in [0.2, 0.25) is 0 Å². The lowest BCUT2D eigenvalue weighted by atomic mass is 9.92. The minimum absolute atomic E-state index is 0.186. The molecular formula is C18H23NO4. The fraction of sp³-hybridized carbons (Fsp3) is 0.444. The highest BCUT2D eigenvalue weighted by atomic mass is 16.5. The zero-order valence-corrected chi connectivity index (χ0v) is 13.9. The molecule has 1 aromatic carbocycles. The number of unbranched alkanes of at least 4 members (excludes halogenated alkanes) is 1. The molecule has 1 heterocycles. The highest BCUT2D eigenvalue weighted by Crippen LogP contribution is 2.37. The quantitative estimate of drug-likeness (QED) is 0.755. The van der Waals surface area contributed by atoms with E-state index >= 15 is 0 Å². The molecule has 0 aromatic heterocycles. The van der Waals surface area contributed by atoms with Crippen molar-refractivity contribution in [1.82, 2.24) is 4.90 Å². The van der Waals surface area contributed by atoms with E-state index in [2.05, 4.69) is 6.92 Å². The molecule has 1 aliphatic heterocycles. The van der Waals surface area contributed by atoms with Crippen molar-refractivity contribution in [2.75, 3.05) is 27.3 Å². The molecule has 0 saturated heterocycles. The lowest BCUT2D eigenvalue weighted by Crippen LogP contribution is -2.27. The normalized spacial score (nSPS) is 17.3. The molecule has 0 amide bonds. The highest BCUT2D eigenvalue weighted by molar-refractivity contribution is 6.02. The maximum Gasteiger partial charge on any atom is 0.354 e. The number of hydrogen-bond donors (Lipinski definition) is 0. The maximum absolute atomic E-state index is 12.3. The van der Waals surface area contributed by atoms with Crippen LogP contribution in [0, 0.1) is 0 Å². The molecule has 0 saturated carbocycles. The second-order valence-corrected chi connectivity index (χ2v) is 5.51. The molecule has 124 valence electrons. The summed E-state index contributed by atoms with van der Waals surface area (Å²) in [4.78, 5) is 26.5. The summed E-state index contributed by atoms with van der Waals surface area (Å²) in [5, 5.41) is 0. The average Bonchev–Trinajstić information content (AvgIpc) is 2.98. The molecule has 0 fully saturated rings. The minimum Gasteiger partial charge on any atom is -0.466 e. The largest absolute Gasteiger partial charge is 0.466 e. The zero-order chi connectivity index (χ0) is 16.8. The van der Waals surface area contributed by atoms with Crippen LogP contribution < -0.4 is 0 Å². The molecule has 23 heavy (non-hydrogen) atoms. The first-order chi connectivity index (χ1) is 11.1. The van der Waals surface area contributed by atoms with Gasteiger partial charge in [0.25, 0.3) is 0 Å². The Morgan fingerprint density at radius 2 is 1.78 bits per heavy atom. The van der Waals surface area contributed by atoms with E-state index in [-0.39, 0.29) is 5.92 Å². The van der Waals surface area contributed by atoms with Gasteiger partial charge in [0.2, 0.25) is 0 Å². The summed E-state index contributed by atoms with van der Waals surface area (Å²) in [5.41, 5.74) is 1.72. The smallest absolute Gasteiger partial charge is 0.354 e. The van der Waals surface area contributed by atoms with Crippen molar-refractivity contribution in [3.63, 3.8) is 0 Å². The molecule has 0 bridgehead atoms. The van der Waals surface area contributed by atoms with Gasteiger partial charge in [0, 0.05) is 19.0 Å². The van der Waals surface area contributed by atoms with Crippen molar-refractivity contribution in [3.8, 4) is 0 Å². The first-order valence-corrected chi connectivity index (χ1v) is 7.84. The molecule has 0 aliphatic carbocycles. The van der Waals surface area contributed by atoms with Crippen LogP contribution >= 0.6 is 0 Å². The number of ether oxygens (including phenoxy) is 2. The number of nitrogens with zero attached hydrogens (tertiary/aromatic N) is 1. The van der Waals surface area contributed by atoms with Gasteiger partial charge in [0.05, 0.1) is 19.8 Å². The van der Waals surface area contributed by atoms with E-state index < -0.39 is 11.9 Å². The topological polar surface area (TPSA) is 55.8 Å². The van der Waals surface area contributed by atoms with Gasteiger partial charge in [-0.25, -0.2) is 9.59 Å². The summed E-state index contributed by atoms with van der Waals surface area (Å²) >= 11 is 0. The van der Waals surface area contributed by atoms with Crippen LogP contribution in [0.4, 0.5) is 0 Å². The molecule has 1 atom stereocenters. The zero-order valence-electron chi connectivity index (χ0n) is 13.9. The second kappa shape index (κ2) is 7.81. The number of hydrogen-bond acceptors (Lipinski definition) is 5. The summed E-state index contributed by atoms with van der Waals surface area (Å²) in [6, 6.07) is 9.71. The van der Waals surface area contributed by atoms with Crippen LogP contribution in [0.3, 0.4) is 0 Å². The number of carbonyl (C=O) groups is 2. The second-order valence-electron chi connectivity index (χ2n) is 5.51. The number of esters is 2. The van der Waals surface area contributed by atoms with Crippen LogP contribution in [0.1, 0.15) is 31.2 Å². The Kier molecular flexibility index (Phi) is 5.79. The van der Waals surface area contributed by atoms with Gasteiger partial charge in [0.15, 0.2) is 0 Å². The number of carbonyl (C=O) groups excluding carboxylic acids is 2. The van der Waals surface area contributed by atoms with E-state index in [4.69, 9.17) is 9.47 Å². The predicted molar refractivity (Wildman–Crippen MR) is 86.7 cm³/mol. The van der Waals surface area contributed by atoms with Crippen LogP contribution in [-0.4, -0.2) is 44.1 Å². The Morgan fingerprint density at radius 3 is 2.35 bits per heavy atom. The fourth-order valence-corrected chi connectivity index (χ4v) is 2.93. The van der Waals surface area contributed by atoms with Gasteiger partial charge in [0.1, 0.15) is 5.70 Å². The van der Waals surface area contributed by atoms with Crippen molar-refractivity contribution in [2.24, 2.45) is 0 Å². The Hall–Kier alpha value is -2.30. The summed E-state index contributed by atoms with van der Waals surface area (Å²) in [5.74, 6) is -1.15. The van der Waals surface area contributed by atoms with Gasteiger partial charge >= 0.3 is 11.9 Å². The predicted octanol–water partition coefficient (Wildman–Crippen LogP) is 2.49. The molecule has 0 radical (unpaired) electrons. The van der Waals surface area contributed by atoms with E-state index in [0.29, 0.717) is 24.4 Å². The molecule has 1 aromatic rings. The Balaban J connectivity index is 2.49. The summed E-state index contributed by atoms with van der Waals surface area (Å²) in [6.07, 6.45) is 1.95. The van der Waals surface area contributed by atoms with E-state index in [1.54, 1.807) is 0 Å². The van der Waals surface area contributed by atoms with Crippen molar-refractivity contribution >= 4 is 11.9 Å².